The molecule has 0 aromatic heterocycles. The molecule has 1 fully saturated rings. The number of amides is 3. The Hall–Kier alpha value is -2.37. The maximum absolute atomic E-state index is 13.0. The number of likely N-dealkylation sites (tertiary alicyclic amines) is 1. The quantitative estimate of drug-likeness (QED) is 0.833. The molecule has 6 heteroatoms. The maximum Gasteiger partial charge on any atom is 0.254 e. The summed E-state index contributed by atoms with van der Waals surface area (Å²) in [6.45, 7) is 10.7. The van der Waals surface area contributed by atoms with Gasteiger partial charge in [-0.1, -0.05) is 40.7 Å². The molecule has 1 aromatic carbocycles. The standard InChI is InChI=1S/C21H31N3O3/c1-14(2)13-22-18(25)17-10-7-11-24(17)19(26)15-8-6-9-16(12-15)23-20(27)21(3,4)5/h6,8-9,12,14,17H,7,10-11,13H2,1-5H3,(H,22,25)(H,23,27). The molecule has 0 bridgehead atoms. The van der Waals surface area contributed by atoms with Crippen LogP contribution in [0.5, 0.6) is 0 Å². The van der Waals surface area contributed by atoms with Crippen LogP contribution >= 0.6 is 0 Å². The molecule has 1 unspecified atom stereocenters. The monoisotopic (exact) mass is 373 g/mol. The smallest absolute Gasteiger partial charge is 0.254 e. The van der Waals surface area contributed by atoms with E-state index < -0.39 is 11.5 Å². The molecule has 0 aliphatic carbocycles. The SMILES string of the molecule is CC(C)CNC(=O)C1CCCN1C(=O)c1cccc(NC(=O)C(C)(C)C)c1. The molecule has 0 saturated carbocycles. The lowest BCUT2D eigenvalue weighted by molar-refractivity contribution is -0.125. The van der Waals surface area contributed by atoms with Gasteiger partial charge in [-0.05, 0) is 37.0 Å². The van der Waals surface area contributed by atoms with Gasteiger partial charge in [0.05, 0.1) is 0 Å². The highest BCUT2D eigenvalue weighted by molar-refractivity contribution is 6.00. The van der Waals surface area contributed by atoms with Gasteiger partial charge in [0.15, 0.2) is 0 Å². The van der Waals surface area contributed by atoms with Crippen LogP contribution in [0.3, 0.4) is 0 Å². The van der Waals surface area contributed by atoms with Crippen LogP contribution in [-0.4, -0.2) is 41.8 Å². The molecule has 1 atom stereocenters. The number of carbonyl (C=O) groups is 3. The van der Waals surface area contributed by atoms with Crippen molar-refractivity contribution in [3.05, 3.63) is 29.8 Å². The molecule has 148 valence electrons. The van der Waals surface area contributed by atoms with Crippen molar-refractivity contribution in [2.24, 2.45) is 11.3 Å². The maximum atomic E-state index is 13.0. The number of carbonyl (C=O) groups excluding carboxylic acids is 3. The first-order chi connectivity index (χ1) is 12.6. The largest absolute Gasteiger partial charge is 0.354 e. The second-order valence-electron chi connectivity index (χ2n) is 8.58. The Labute approximate surface area is 161 Å². The third-order valence-electron chi connectivity index (χ3n) is 4.55. The van der Waals surface area contributed by atoms with Gasteiger partial charge in [-0.2, -0.15) is 0 Å². The number of nitrogens with zero attached hydrogens (tertiary/aromatic N) is 1. The van der Waals surface area contributed by atoms with Crippen molar-refractivity contribution in [1.29, 1.82) is 0 Å². The molecule has 27 heavy (non-hydrogen) atoms. The van der Waals surface area contributed by atoms with Crippen LogP contribution in [-0.2, 0) is 9.59 Å². The van der Waals surface area contributed by atoms with Gasteiger partial charge in [-0.3, -0.25) is 14.4 Å². The molecule has 0 radical (unpaired) electrons. The average Bonchev–Trinajstić information content (AvgIpc) is 3.08. The van der Waals surface area contributed by atoms with Gasteiger partial charge in [-0.25, -0.2) is 0 Å². The average molecular weight is 373 g/mol. The van der Waals surface area contributed by atoms with E-state index in [0.717, 1.165) is 6.42 Å². The fourth-order valence-electron chi connectivity index (χ4n) is 2.92. The zero-order chi connectivity index (χ0) is 20.2. The highest BCUT2D eigenvalue weighted by Crippen LogP contribution is 2.23. The predicted molar refractivity (Wildman–Crippen MR) is 106 cm³/mol. The minimum absolute atomic E-state index is 0.0910. The van der Waals surface area contributed by atoms with Crippen molar-refractivity contribution in [2.75, 3.05) is 18.4 Å². The van der Waals surface area contributed by atoms with E-state index in [1.807, 2.05) is 34.6 Å². The highest BCUT2D eigenvalue weighted by Gasteiger charge is 2.34. The first-order valence-corrected chi connectivity index (χ1v) is 9.60. The van der Waals surface area contributed by atoms with Gasteiger partial charge in [0.2, 0.25) is 11.8 Å². The van der Waals surface area contributed by atoms with Crippen molar-refractivity contribution >= 4 is 23.4 Å². The van der Waals surface area contributed by atoms with Gasteiger partial charge >= 0.3 is 0 Å². The van der Waals surface area contributed by atoms with Gasteiger partial charge in [0.1, 0.15) is 6.04 Å². The summed E-state index contributed by atoms with van der Waals surface area (Å²) < 4.78 is 0. The first kappa shape index (κ1) is 20.9. The van der Waals surface area contributed by atoms with Gasteiger partial charge in [-0.15, -0.1) is 0 Å². The van der Waals surface area contributed by atoms with E-state index in [9.17, 15) is 14.4 Å². The molecule has 1 aromatic rings. The number of benzene rings is 1. The molecular formula is C21H31N3O3. The van der Waals surface area contributed by atoms with Crippen molar-refractivity contribution in [3.8, 4) is 0 Å². The van der Waals surface area contributed by atoms with E-state index in [-0.39, 0.29) is 17.7 Å². The summed E-state index contributed by atoms with van der Waals surface area (Å²) in [5, 5.41) is 5.77. The lowest BCUT2D eigenvalue weighted by atomic mass is 9.95. The molecule has 6 nitrogen and oxygen atoms in total. The minimum atomic E-state index is -0.519. The third kappa shape index (κ3) is 5.55. The lowest BCUT2D eigenvalue weighted by Gasteiger charge is -2.25. The van der Waals surface area contributed by atoms with Crippen LogP contribution in [0.1, 0.15) is 57.8 Å². The van der Waals surface area contributed by atoms with E-state index in [2.05, 4.69) is 10.6 Å². The molecule has 1 aliphatic rings. The number of nitrogens with one attached hydrogen (secondary N) is 2. The van der Waals surface area contributed by atoms with E-state index in [0.29, 0.717) is 36.7 Å². The van der Waals surface area contributed by atoms with E-state index in [1.54, 1.807) is 29.2 Å². The van der Waals surface area contributed by atoms with Crippen LogP contribution in [0, 0.1) is 11.3 Å². The topological polar surface area (TPSA) is 78.5 Å². The zero-order valence-corrected chi connectivity index (χ0v) is 17.0. The van der Waals surface area contributed by atoms with Gasteiger partial charge in [0, 0.05) is 29.8 Å². The number of anilines is 1. The minimum Gasteiger partial charge on any atom is -0.354 e. The summed E-state index contributed by atoms with van der Waals surface area (Å²) in [5.74, 6) is -0.0161. The number of rotatable bonds is 5. The van der Waals surface area contributed by atoms with Crippen molar-refractivity contribution < 1.29 is 14.4 Å². The predicted octanol–water partition coefficient (Wildman–Crippen LogP) is 3.05. The third-order valence-corrected chi connectivity index (χ3v) is 4.55. The Kier molecular flexibility index (Phi) is 6.63. The fraction of sp³-hybridized carbons (Fsp3) is 0.571. The van der Waals surface area contributed by atoms with Crippen molar-refractivity contribution in [3.63, 3.8) is 0 Å². The molecule has 1 aliphatic heterocycles. The summed E-state index contributed by atoms with van der Waals surface area (Å²) in [4.78, 5) is 39.2. The highest BCUT2D eigenvalue weighted by atomic mass is 16.2. The summed E-state index contributed by atoms with van der Waals surface area (Å²) in [6, 6.07) is 6.47. The zero-order valence-electron chi connectivity index (χ0n) is 17.0. The van der Waals surface area contributed by atoms with Crippen LogP contribution in [0.2, 0.25) is 0 Å². The van der Waals surface area contributed by atoms with E-state index >= 15 is 0 Å². The van der Waals surface area contributed by atoms with Gasteiger partial charge in [0.25, 0.3) is 5.91 Å². The second-order valence-corrected chi connectivity index (χ2v) is 8.58. The Morgan fingerprint density at radius 3 is 2.56 bits per heavy atom. The van der Waals surface area contributed by atoms with Crippen LogP contribution in [0.15, 0.2) is 24.3 Å². The number of hydrogen-bond donors (Lipinski definition) is 2. The van der Waals surface area contributed by atoms with Crippen molar-refractivity contribution in [1.82, 2.24) is 10.2 Å². The Balaban J connectivity index is 2.11. The molecule has 1 saturated heterocycles. The Bertz CT molecular complexity index is 707. The van der Waals surface area contributed by atoms with Crippen molar-refractivity contribution in [2.45, 2.75) is 53.5 Å². The lowest BCUT2D eigenvalue weighted by Crippen LogP contribution is -2.46. The number of hydrogen-bond acceptors (Lipinski definition) is 3. The van der Waals surface area contributed by atoms with Crippen LogP contribution in [0.4, 0.5) is 5.69 Å². The molecule has 3 amide bonds. The molecule has 0 spiro atoms. The molecule has 1 heterocycles. The van der Waals surface area contributed by atoms with E-state index in [1.165, 1.54) is 0 Å². The summed E-state index contributed by atoms with van der Waals surface area (Å²) in [5.41, 5.74) is 0.542. The summed E-state index contributed by atoms with van der Waals surface area (Å²) in [7, 11) is 0. The summed E-state index contributed by atoms with van der Waals surface area (Å²) >= 11 is 0. The Morgan fingerprint density at radius 1 is 1.22 bits per heavy atom. The summed E-state index contributed by atoms with van der Waals surface area (Å²) in [6.07, 6.45) is 1.49. The second kappa shape index (κ2) is 8.55. The Morgan fingerprint density at radius 2 is 1.93 bits per heavy atom. The molecule has 2 N–H and O–H groups in total. The molecule has 2 rings (SSSR count). The van der Waals surface area contributed by atoms with Gasteiger partial charge < -0.3 is 15.5 Å². The van der Waals surface area contributed by atoms with E-state index in [4.69, 9.17) is 0 Å². The fourth-order valence-corrected chi connectivity index (χ4v) is 2.92. The first-order valence-electron chi connectivity index (χ1n) is 9.60. The molecular weight excluding hydrogens is 342 g/mol. The van der Waals surface area contributed by atoms with Crippen LogP contribution < -0.4 is 10.6 Å². The van der Waals surface area contributed by atoms with Crippen LogP contribution in [0.25, 0.3) is 0 Å². The normalized spacial score (nSPS) is 17.1.